The molecule has 0 fully saturated rings. The fourth-order valence-electron chi connectivity index (χ4n) is 2.52. The Hall–Kier alpha value is -2.01. The molecule has 0 saturated heterocycles. The molecule has 0 amide bonds. The van der Waals surface area contributed by atoms with E-state index in [-0.39, 0.29) is 0 Å². The number of hydrogen-bond donors (Lipinski definition) is 1. The fourth-order valence-corrected chi connectivity index (χ4v) is 4.08. The monoisotopic (exact) mass is 415 g/mol. The van der Waals surface area contributed by atoms with E-state index in [0.29, 0.717) is 5.02 Å². The zero-order valence-electron chi connectivity index (χ0n) is 15.0. The summed E-state index contributed by atoms with van der Waals surface area (Å²) in [6.07, 6.45) is 1.75. The molecule has 0 spiro atoms. The average molecular weight is 416 g/mol. The number of imidazole rings is 1. The lowest BCUT2D eigenvalue weighted by Gasteiger charge is -2.06. The predicted octanol–water partition coefficient (Wildman–Crippen LogP) is 7.25. The molecular formula is C21H19Cl2N3S. The van der Waals surface area contributed by atoms with Crippen molar-refractivity contribution >= 4 is 46.0 Å². The molecular weight excluding hydrogens is 397 g/mol. The molecule has 0 saturated carbocycles. The highest BCUT2D eigenvalue weighted by Gasteiger charge is 2.11. The Bertz CT molecular complexity index is 1030. The number of rotatable bonds is 4. The second-order valence-corrected chi connectivity index (χ2v) is 7.31. The van der Waals surface area contributed by atoms with Crippen LogP contribution < -0.4 is 0 Å². The molecule has 4 rings (SSSR count). The van der Waals surface area contributed by atoms with Gasteiger partial charge < -0.3 is 4.98 Å². The molecule has 0 aliphatic carbocycles. The number of benzene rings is 2. The first-order valence-corrected chi connectivity index (χ1v) is 10.4. The molecule has 0 unspecified atom stereocenters. The summed E-state index contributed by atoms with van der Waals surface area (Å²) in [5, 5.41) is 1.46. The number of aromatic amines is 1. The van der Waals surface area contributed by atoms with Crippen LogP contribution in [0.1, 0.15) is 19.4 Å². The van der Waals surface area contributed by atoms with E-state index in [2.05, 4.69) is 15.0 Å². The minimum Gasteiger partial charge on any atom is -0.337 e. The van der Waals surface area contributed by atoms with Crippen molar-refractivity contribution in [3.05, 3.63) is 76.4 Å². The van der Waals surface area contributed by atoms with E-state index in [4.69, 9.17) is 23.2 Å². The molecule has 6 heteroatoms. The first-order valence-electron chi connectivity index (χ1n) is 8.67. The third-order valence-corrected chi connectivity index (χ3v) is 5.68. The number of nitrogens with one attached hydrogen (secondary N) is 1. The van der Waals surface area contributed by atoms with Crippen molar-refractivity contribution in [3.63, 3.8) is 0 Å². The summed E-state index contributed by atoms with van der Waals surface area (Å²) in [7, 11) is 0. The highest BCUT2D eigenvalue weighted by molar-refractivity contribution is 7.98. The molecule has 138 valence electrons. The molecule has 0 aliphatic rings. The maximum atomic E-state index is 6.45. The Morgan fingerprint density at radius 1 is 0.963 bits per heavy atom. The van der Waals surface area contributed by atoms with Gasteiger partial charge in [0.05, 0.1) is 16.1 Å². The van der Waals surface area contributed by atoms with Crippen molar-refractivity contribution in [3.8, 4) is 11.5 Å². The van der Waals surface area contributed by atoms with Crippen molar-refractivity contribution in [1.82, 2.24) is 15.0 Å². The van der Waals surface area contributed by atoms with Crippen LogP contribution in [-0.4, -0.2) is 15.0 Å². The molecule has 0 atom stereocenters. The smallest absolute Gasteiger partial charge is 0.157 e. The number of hydrogen-bond acceptors (Lipinski definition) is 3. The van der Waals surface area contributed by atoms with Crippen LogP contribution in [0.5, 0.6) is 0 Å². The summed E-state index contributed by atoms with van der Waals surface area (Å²) < 4.78 is 0. The zero-order valence-corrected chi connectivity index (χ0v) is 17.4. The van der Waals surface area contributed by atoms with Crippen LogP contribution >= 0.6 is 35.0 Å². The summed E-state index contributed by atoms with van der Waals surface area (Å²) in [5.41, 5.74) is 3.65. The Morgan fingerprint density at radius 2 is 1.74 bits per heavy atom. The summed E-state index contributed by atoms with van der Waals surface area (Å²) in [6.45, 7) is 4.00. The third kappa shape index (κ3) is 4.64. The molecule has 0 radical (unpaired) electrons. The van der Waals surface area contributed by atoms with E-state index in [1.54, 1.807) is 18.0 Å². The highest BCUT2D eigenvalue weighted by Crippen LogP contribution is 2.34. The van der Waals surface area contributed by atoms with Crippen molar-refractivity contribution in [2.45, 2.75) is 24.5 Å². The lowest BCUT2D eigenvalue weighted by molar-refractivity contribution is 1.24. The van der Waals surface area contributed by atoms with Crippen molar-refractivity contribution in [1.29, 1.82) is 0 Å². The quantitative estimate of drug-likeness (QED) is 0.356. The van der Waals surface area contributed by atoms with E-state index in [0.717, 1.165) is 43.8 Å². The molecule has 2 heterocycles. The zero-order chi connectivity index (χ0) is 19.2. The lowest BCUT2D eigenvalue weighted by Crippen LogP contribution is -1.83. The van der Waals surface area contributed by atoms with Gasteiger partial charge in [0.1, 0.15) is 5.69 Å². The van der Waals surface area contributed by atoms with E-state index >= 15 is 0 Å². The van der Waals surface area contributed by atoms with Crippen LogP contribution in [0.25, 0.3) is 22.6 Å². The molecule has 2 aromatic carbocycles. The van der Waals surface area contributed by atoms with E-state index in [1.807, 2.05) is 68.4 Å². The number of pyridine rings is 1. The molecule has 0 aliphatic heterocycles. The molecule has 1 N–H and O–H groups in total. The van der Waals surface area contributed by atoms with E-state index in [1.165, 1.54) is 0 Å². The van der Waals surface area contributed by atoms with Gasteiger partial charge in [-0.25, -0.2) is 4.98 Å². The summed E-state index contributed by atoms with van der Waals surface area (Å²) in [5.74, 6) is 1.49. The van der Waals surface area contributed by atoms with Crippen LogP contribution in [0.4, 0.5) is 0 Å². The van der Waals surface area contributed by atoms with Crippen LogP contribution in [0.3, 0.4) is 0 Å². The van der Waals surface area contributed by atoms with Crippen LogP contribution in [0, 0.1) is 0 Å². The topological polar surface area (TPSA) is 41.6 Å². The lowest BCUT2D eigenvalue weighted by atomic mass is 10.2. The standard InChI is InChI=1S/C19H13Cl2N3S.C2H6/c20-13-6-2-1-5-12(13)11-25-18-10-17-16(9-14(18)21)23-19(24-17)15-7-3-4-8-22-15;1-2/h1-10H,11H2,(H,23,24);1-2H3. The van der Waals surface area contributed by atoms with Crippen LogP contribution in [-0.2, 0) is 5.75 Å². The molecule has 27 heavy (non-hydrogen) atoms. The van der Waals surface area contributed by atoms with Crippen LogP contribution in [0.15, 0.2) is 65.7 Å². The van der Waals surface area contributed by atoms with Gasteiger partial charge in [0, 0.05) is 21.9 Å². The number of fused-ring (bicyclic) bond motifs is 1. The van der Waals surface area contributed by atoms with Gasteiger partial charge in [-0.05, 0) is 35.9 Å². The number of thioether (sulfide) groups is 1. The number of nitrogens with zero attached hydrogens (tertiary/aromatic N) is 2. The largest absolute Gasteiger partial charge is 0.337 e. The first kappa shape index (κ1) is 19.7. The Morgan fingerprint density at radius 3 is 2.48 bits per heavy atom. The number of halogens is 2. The minimum atomic E-state index is 0.695. The summed E-state index contributed by atoms with van der Waals surface area (Å²) >= 11 is 14.3. The van der Waals surface area contributed by atoms with Gasteiger partial charge in [0.2, 0.25) is 0 Å². The average Bonchev–Trinajstić information content (AvgIpc) is 3.12. The first-order chi connectivity index (χ1) is 13.2. The Kier molecular flexibility index (Phi) is 6.78. The van der Waals surface area contributed by atoms with Gasteiger partial charge in [0.15, 0.2) is 5.82 Å². The third-order valence-electron chi connectivity index (χ3n) is 3.78. The number of aromatic nitrogens is 3. The van der Waals surface area contributed by atoms with E-state index in [9.17, 15) is 0 Å². The van der Waals surface area contributed by atoms with Crippen LogP contribution in [0.2, 0.25) is 10.0 Å². The Labute approximate surface area is 173 Å². The second-order valence-electron chi connectivity index (χ2n) is 5.48. The molecule has 0 bridgehead atoms. The molecule has 3 nitrogen and oxygen atoms in total. The van der Waals surface area contributed by atoms with Gasteiger partial charge >= 0.3 is 0 Å². The van der Waals surface area contributed by atoms with Crippen molar-refractivity contribution in [2.75, 3.05) is 0 Å². The maximum Gasteiger partial charge on any atom is 0.157 e. The SMILES string of the molecule is CC.Clc1ccccc1CSc1cc2nc(-c3ccccn3)[nH]c2cc1Cl. The maximum absolute atomic E-state index is 6.45. The molecule has 4 aromatic rings. The highest BCUT2D eigenvalue weighted by atomic mass is 35.5. The predicted molar refractivity (Wildman–Crippen MR) is 117 cm³/mol. The van der Waals surface area contributed by atoms with Crippen molar-refractivity contribution < 1.29 is 0 Å². The fraction of sp³-hybridized carbons (Fsp3) is 0.143. The summed E-state index contributed by atoms with van der Waals surface area (Å²) in [6, 6.07) is 17.5. The minimum absolute atomic E-state index is 0.695. The number of H-pyrrole nitrogens is 1. The molecule has 2 aromatic heterocycles. The van der Waals surface area contributed by atoms with E-state index < -0.39 is 0 Å². The second kappa shape index (κ2) is 9.27. The van der Waals surface area contributed by atoms with Gasteiger partial charge in [-0.1, -0.05) is 61.3 Å². The van der Waals surface area contributed by atoms with Gasteiger partial charge in [-0.15, -0.1) is 11.8 Å². The van der Waals surface area contributed by atoms with Gasteiger partial charge in [0.25, 0.3) is 0 Å². The normalized spacial score (nSPS) is 10.5. The Balaban J connectivity index is 0.00000102. The van der Waals surface area contributed by atoms with Gasteiger partial charge in [-0.2, -0.15) is 0 Å². The van der Waals surface area contributed by atoms with Gasteiger partial charge in [-0.3, -0.25) is 4.98 Å². The van der Waals surface area contributed by atoms with Crippen molar-refractivity contribution in [2.24, 2.45) is 0 Å². The summed E-state index contributed by atoms with van der Waals surface area (Å²) in [4.78, 5) is 13.2.